The Balaban J connectivity index is 2.37. The fourth-order valence-corrected chi connectivity index (χ4v) is 2.47. The molecule has 1 aliphatic carbocycles. The van der Waals surface area contributed by atoms with Gasteiger partial charge in [0.05, 0.1) is 18.4 Å². The minimum absolute atomic E-state index is 0.0472. The van der Waals surface area contributed by atoms with E-state index in [0.29, 0.717) is 5.56 Å². The third kappa shape index (κ3) is 1.99. The van der Waals surface area contributed by atoms with Crippen LogP contribution < -0.4 is 4.74 Å². The topological polar surface area (TPSA) is 104 Å². The predicted octanol–water partition coefficient (Wildman–Crippen LogP) is 1.22. The van der Waals surface area contributed by atoms with Gasteiger partial charge in [-0.05, 0) is 30.5 Å². The van der Waals surface area contributed by atoms with Crippen molar-refractivity contribution in [2.24, 2.45) is 5.92 Å². The first-order valence-electron chi connectivity index (χ1n) is 5.74. The predicted molar refractivity (Wildman–Crippen MR) is 64.3 cm³/mol. The van der Waals surface area contributed by atoms with Crippen LogP contribution in [0.25, 0.3) is 0 Å². The molecule has 1 saturated carbocycles. The van der Waals surface area contributed by atoms with Crippen LogP contribution in [0, 0.1) is 5.92 Å². The van der Waals surface area contributed by atoms with Crippen molar-refractivity contribution in [2.75, 3.05) is 7.11 Å². The Morgan fingerprint density at radius 2 is 1.95 bits per heavy atom. The highest BCUT2D eigenvalue weighted by Gasteiger charge is 2.54. The maximum Gasteiger partial charge on any atom is 0.314 e. The second kappa shape index (κ2) is 4.46. The molecular weight excluding hydrogens is 252 g/mol. The summed E-state index contributed by atoms with van der Waals surface area (Å²) in [6.07, 6.45) is 0.0944. The summed E-state index contributed by atoms with van der Waals surface area (Å²) in [4.78, 5) is 22.3. The molecule has 0 bridgehead atoms. The van der Waals surface area contributed by atoms with Gasteiger partial charge in [-0.3, -0.25) is 9.59 Å². The maximum absolute atomic E-state index is 11.5. The number of ether oxygens (including phenoxy) is 1. The number of carbonyl (C=O) groups is 2. The highest BCUT2D eigenvalue weighted by molar-refractivity contribution is 5.87. The quantitative estimate of drug-likeness (QED) is 0.756. The van der Waals surface area contributed by atoms with Gasteiger partial charge in [-0.25, -0.2) is 0 Å². The van der Waals surface area contributed by atoms with Crippen molar-refractivity contribution in [3.05, 3.63) is 23.8 Å². The number of aromatic hydroxyl groups is 1. The second-order valence-electron chi connectivity index (χ2n) is 4.72. The van der Waals surface area contributed by atoms with Crippen molar-refractivity contribution >= 4 is 11.9 Å². The monoisotopic (exact) mass is 266 g/mol. The summed E-state index contributed by atoms with van der Waals surface area (Å²) in [5.74, 6) is -2.59. The van der Waals surface area contributed by atoms with Gasteiger partial charge in [0.25, 0.3) is 0 Å². The Kier molecular flexibility index (Phi) is 3.09. The number of phenols is 1. The Morgan fingerprint density at radius 3 is 2.42 bits per heavy atom. The van der Waals surface area contributed by atoms with Gasteiger partial charge in [-0.2, -0.15) is 0 Å². The zero-order valence-electron chi connectivity index (χ0n) is 10.3. The highest BCUT2D eigenvalue weighted by atomic mass is 16.5. The molecular formula is C13H14O6. The lowest BCUT2D eigenvalue weighted by Gasteiger charge is -2.42. The number of benzene rings is 1. The molecule has 0 spiro atoms. The molecule has 6 nitrogen and oxygen atoms in total. The number of hydrogen-bond acceptors (Lipinski definition) is 4. The lowest BCUT2D eigenvalue weighted by molar-refractivity contribution is -0.157. The second-order valence-corrected chi connectivity index (χ2v) is 4.72. The van der Waals surface area contributed by atoms with Crippen LogP contribution in [-0.4, -0.2) is 34.4 Å². The van der Waals surface area contributed by atoms with Gasteiger partial charge in [0, 0.05) is 0 Å². The van der Waals surface area contributed by atoms with Crippen LogP contribution in [0.1, 0.15) is 18.4 Å². The number of aliphatic carboxylic acids is 2. The Hall–Kier alpha value is -2.24. The van der Waals surface area contributed by atoms with Gasteiger partial charge in [0.1, 0.15) is 0 Å². The smallest absolute Gasteiger partial charge is 0.314 e. The van der Waals surface area contributed by atoms with Crippen LogP contribution in [0.5, 0.6) is 11.5 Å². The van der Waals surface area contributed by atoms with E-state index in [1.165, 1.54) is 25.3 Å². The first-order valence-corrected chi connectivity index (χ1v) is 5.74. The normalized spacial score (nSPS) is 25.4. The Labute approximate surface area is 109 Å². The minimum atomic E-state index is -1.20. The highest BCUT2D eigenvalue weighted by Crippen LogP contribution is 2.49. The standard InChI is InChI=1S/C13H14O6/c1-19-10-4-8(2-3-9(10)14)13(12(17)18)5-7(6-13)11(15)16/h2-4,7,14H,5-6H2,1H3,(H,15,16)(H,17,18). The van der Waals surface area contributed by atoms with Crippen molar-refractivity contribution in [3.63, 3.8) is 0 Å². The van der Waals surface area contributed by atoms with E-state index < -0.39 is 23.3 Å². The number of carboxylic acid groups (broad SMARTS) is 2. The lowest BCUT2D eigenvalue weighted by Crippen LogP contribution is -2.50. The average molecular weight is 266 g/mol. The average Bonchev–Trinajstić information content (AvgIpc) is 2.28. The summed E-state index contributed by atoms with van der Waals surface area (Å²) in [6.45, 7) is 0. The number of rotatable bonds is 4. The molecule has 0 atom stereocenters. The molecule has 0 heterocycles. The van der Waals surface area contributed by atoms with Crippen molar-refractivity contribution in [3.8, 4) is 11.5 Å². The van der Waals surface area contributed by atoms with E-state index in [-0.39, 0.29) is 24.3 Å². The summed E-state index contributed by atoms with van der Waals surface area (Å²) in [7, 11) is 1.37. The molecule has 0 saturated heterocycles. The SMILES string of the molecule is COc1cc(C2(C(=O)O)CC(C(=O)O)C2)ccc1O. The number of carboxylic acids is 2. The van der Waals surface area contributed by atoms with Gasteiger partial charge in [-0.15, -0.1) is 0 Å². The van der Waals surface area contributed by atoms with E-state index in [1.807, 2.05) is 0 Å². The summed E-state index contributed by atoms with van der Waals surface area (Å²) in [6, 6.07) is 4.29. The molecule has 2 rings (SSSR count). The molecule has 0 radical (unpaired) electrons. The minimum Gasteiger partial charge on any atom is -0.504 e. The fourth-order valence-electron chi connectivity index (χ4n) is 2.47. The van der Waals surface area contributed by atoms with E-state index in [2.05, 4.69) is 0 Å². The van der Waals surface area contributed by atoms with E-state index >= 15 is 0 Å². The largest absolute Gasteiger partial charge is 0.504 e. The van der Waals surface area contributed by atoms with E-state index in [0.717, 1.165) is 0 Å². The van der Waals surface area contributed by atoms with Crippen molar-refractivity contribution in [2.45, 2.75) is 18.3 Å². The molecule has 102 valence electrons. The molecule has 3 N–H and O–H groups in total. The van der Waals surface area contributed by atoms with Crippen molar-refractivity contribution in [1.29, 1.82) is 0 Å². The number of methoxy groups -OCH3 is 1. The van der Waals surface area contributed by atoms with Crippen molar-refractivity contribution in [1.82, 2.24) is 0 Å². The molecule has 0 amide bonds. The molecule has 19 heavy (non-hydrogen) atoms. The lowest BCUT2D eigenvalue weighted by atomic mass is 9.58. The Bertz CT molecular complexity index is 530. The van der Waals surface area contributed by atoms with Gasteiger partial charge in [0.2, 0.25) is 0 Å². The third-order valence-corrected chi connectivity index (χ3v) is 3.68. The van der Waals surface area contributed by atoms with E-state index in [9.17, 15) is 19.8 Å². The molecule has 1 fully saturated rings. The van der Waals surface area contributed by atoms with Crippen LogP contribution >= 0.6 is 0 Å². The van der Waals surface area contributed by atoms with Gasteiger partial charge < -0.3 is 20.1 Å². The van der Waals surface area contributed by atoms with Crippen molar-refractivity contribution < 1.29 is 29.6 Å². The molecule has 1 aliphatic rings. The Morgan fingerprint density at radius 1 is 1.32 bits per heavy atom. The first kappa shape index (κ1) is 13.2. The molecule has 6 heteroatoms. The summed E-state index contributed by atoms with van der Waals surface area (Å²) in [5.41, 5.74) is -0.753. The summed E-state index contributed by atoms with van der Waals surface area (Å²) < 4.78 is 4.94. The fraction of sp³-hybridized carbons (Fsp3) is 0.385. The van der Waals surface area contributed by atoms with Gasteiger partial charge >= 0.3 is 11.9 Å². The van der Waals surface area contributed by atoms with Gasteiger partial charge in [0.15, 0.2) is 11.5 Å². The third-order valence-electron chi connectivity index (χ3n) is 3.68. The maximum atomic E-state index is 11.5. The van der Waals surface area contributed by atoms with E-state index in [4.69, 9.17) is 9.84 Å². The van der Waals surface area contributed by atoms with Gasteiger partial charge in [-0.1, -0.05) is 6.07 Å². The van der Waals surface area contributed by atoms with Crippen LogP contribution in [-0.2, 0) is 15.0 Å². The summed E-state index contributed by atoms with van der Waals surface area (Å²) >= 11 is 0. The number of phenolic OH excluding ortho intramolecular Hbond substituents is 1. The summed E-state index contributed by atoms with van der Waals surface area (Å²) in [5, 5.41) is 27.8. The van der Waals surface area contributed by atoms with Crippen LogP contribution in [0.2, 0.25) is 0 Å². The number of hydrogen-bond donors (Lipinski definition) is 3. The molecule has 1 aromatic carbocycles. The van der Waals surface area contributed by atoms with E-state index in [1.54, 1.807) is 0 Å². The molecule has 0 aliphatic heterocycles. The molecule has 1 aromatic rings. The van der Waals surface area contributed by atoms with Crippen LogP contribution in [0.4, 0.5) is 0 Å². The molecule has 0 unspecified atom stereocenters. The van der Waals surface area contributed by atoms with Crippen LogP contribution in [0.3, 0.4) is 0 Å². The zero-order chi connectivity index (χ0) is 14.2. The van der Waals surface area contributed by atoms with Crippen LogP contribution in [0.15, 0.2) is 18.2 Å². The zero-order valence-corrected chi connectivity index (χ0v) is 10.3. The first-order chi connectivity index (χ1) is 8.90. The molecule has 0 aromatic heterocycles.